The van der Waals surface area contributed by atoms with E-state index >= 15 is 0 Å². The lowest BCUT2D eigenvalue weighted by molar-refractivity contribution is 0.282. The molecular formula is C18H27N. The molecule has 0 amide bonds. The number of benzene rings is 1. The second-order valence-corrected chi connectivity index (χ2v) is 6.62. The third kappa shape index (κ3) is 3.20. The van der Waals surface area contributed by atoms with Crippen LogP contribution in [-0.4, -0.2) is 6.04 Å². The van der Waals surface area contributed by atoms with Gasteiger partial charge in [0.2, 0.25) is 0 Å². The van der Waals surface area contributed by atoms with E-state index < -0.39 is 0 Å². The Morgan fingerprint density at radius 2 is 1.74 bits per heavy atom. The van der Waals surface area contributed by atoms with Crippen molar-refractivity contribution in [3.05, 3.63) is 35.4 Å². The zero-order chi connectivity index (χ0) is 13.1. The van der Waals surface area contributed by atoms with Gasteiger partial charge in [0.25, 0.3) is 0 Å². The number of hydrogen-bond acceptors (Lipinski definition) is 1. The maximum atomic E-state index is 3.97. The highest BCUT2D eigenvalue weighted by Crippen LogP contribution is 2.31. The van der Waals surface area contributed by atoms with Crippen LogP contribution in [-0.2, 0) is 6.42 Å². The van der Waals surface area contributed by atoms with Crippen molar-refractivity contribution in [2.45, 2.75) is 70.4 Å². The van der Waals surface area contributed by atoms with Crippen molar-refractivity contribution in [2.24, 2.45) is 5.92 Å². The molecule has 1 atom stereocenters. The standard InChI is InChI=1S/C18H27N/c1-14-10-12-16(13-11-14)19-18-9-5-3-7-15-6-2-4-8-17(15)18/h2,4,6,8,14,16,18-19H,3,5,7,9-13H2,1H3. The average Bonchev–Trinajstić information content (AvgIpc) is 2.64. The van der Waals surface area contributed by atoms with E-state index in [1.54, 1.807) is 11.1 Å². The van der Waals surface area contributed by atoms with Crippen LogP contribution in [0, 0.1) is 5.92 Å². The molecule has 3 rings (SSSR count). The first-order valence-electron chi connectivity index (χ1n) is 8.17. The molecule has 1 unspecified atom stereocenters. The van der Waals surface area contributed by atoms with Gasteiger partial charge in [-0.1, -0.05) is 37.6 Å². The average molecular weight is 257 g/mol. The molecule has 1 saturated carbocycles. The Morgan fingerprint density at radius 1 is 0.947 bits per heavy atom. The number of fused-ring (bicyclic) bond motifs is 1. The smallest absolute Gasteiger partial charge is 0.0325 e. The van der Waals surface area contributed by atoms with E-state index in [4.69, 9.17) is 0 Å². The second kappa shape index (κ2) is 6.09. The Labute approximate surface area is 117 Å². The topological polar surface area (TPSA) is 12.0 Å². The van der Waals surface area contributed by atoms with E-state index in [1.165, 1.54) is 51.4 Å². The molecule has 0 aromatic heterocycles. The summed E-state index contributed by atoms with van der Waals surface area (Å²) in [6.45, 7) is 2.40. The normalized spacial score (nSPS) is 31.5. The zero-order valence-electron chi connectivity index (χ0n) is 12.2. The van der Waals surface area contributed by atoms with Crippen LogP contribution >= 0.6 is 0 Å². The highest BCUT2D eigenvalue weighted by atomic mass is 15.0. The summed E-state index contributed by atoms with van der Waals surface area (Å²) in [5.41, 5.74) is 3.17. The first-order chi connectivity index (χ1) is 9.33. The van der Waals surface area contributed by atoms with Gasteiger partial charge in [-0.15, -0.1) is 0 Å². The van der Waals surface area contributed by atoms with Gasteiger partial charge in [-0.25, -0.2) is 0 Å². The molecule has 1 heteroatoms. The molecule has 0 bridgehead atoms. The first-order valence-corrected chi connectivity index (χ1v) is 8.17. The van der Waals surface area contributed by atoms with Crippen LogP contribution in [0.15, 0.2) is 24.3 Å². The van der Waals surface area contributed by atoms with Crippen molar-refractivity contribution in [1.29, 1.82) is 0 Å². The lowest BCUT2D eigenvalue weighted by Crippen LogP contribution is -2.35. The summed E-state index contributed by atoms with van der Waals surface area (Å²) in [7, 11) is 0. The SMILES string of the molecule is CC1CCC(NC2CCCCc3ccccc32)CC1. The van der Waals surface area contributed by atoms with Crippen molar-refractivity contribution in [2.75, 3.05) is 0 Å². The Bertz CT molecular complexity index is 404. The lowest BCUT2D eigenvalue weighted by Gasteiger charge is -2.31. The van der Waals surface area contributed by atoms with Crippen LogP contribution in [0.1, 0.15) is 69.0 Å². The van der Waals surface area contributed by atoms with Crippen molar-refractivity contribution < 1.29 is 0 Å². The van der Waals surface area contributed by atoms with Gasteiger partial charge in [0, 0.05) is 12.1 Å². The number of aryl methyl sites for hydroxylation is 1. The molecule has 1 N–H and O–H groups in total. The fourth-order valence-electron chi connectivity index (χ4n) is 3.81. The minimum absolute atomic E-state index is 0.608. The summed E-state index contributed by atoms with van der Waals surface area (Å²) in [4.78, 5) is 0. The van der Waals surface area contributed by atoms with Gasteiger partial charge in [-0.2, -0.15) is 0 Å². The maximum absolute atomic E-state index is 3.97. The monoisotopic (exact) mass is 257 g/mol. The summed E-state index contributed by atoms with van der Waals surface area (Å²) in [6.07, 6.45) is 10.9. The fourth-order valence-corrected chi connectivity index (χ4v) is 3.81. The van der Waals surface area contributed by atoms with Crippen LogP contribution < -0.4 is 5.32 Å². The van der Waals surface area contributed by atoms with Gasteiger partial charge in [-0.3, -0.25) is 0 Å². The van der Waals surface area contributed by atoms with Crippen LogP contribution in [0.3, 0.4) is 0 Å². The molecule has 0 saturated heterocycles. The van der Waals surface area contributed by atoms with Gasteiger partial charge < -0.3 is 5.32 Å². The predicted molar refractivity (Wildman–Crippen MR) is 81.3 cm³/mol. The van der Waals surface area contributed by atoms with Gasteiger partial charge in [0.05, 0.1) is 0 Å². The predicted octanol–water partition coefficient (Wildman–Crippen LogP) is 4.62. The van der Waals surface area contributed by atoms with Crippen molar-refractivity contribution in [1.82, 2.24) is 5.32 Å². The molecule has 0 radical (unpaired) electrons. The molecule has 0 aliphatic heterocycles. The van der Waals surface area contributed by atoms with Gasteiger partial charge in [0.1, 0.15) is 0 Å². The van der Waals surface area contributed by atoms with Crippen molar-refractivity contribution in [3.8, 4) is 0 Å². The van der Waals surface area contributed by atoms with E-state index in [0.717, 1.165) is 12.0 Å². The van der Waals surface area contributed by atoms with Crippen molar-refractivity contribution >= 4 is 0 Å². The van der Waals surface area contributed by atoms with Crippen LogP contribution in [0.25, 0.3) is 0 Å². The van der Waals surface area contributed by atoms with E-state index in [0.29, 0.717) is 6.04 Å². The number of nitrogens with one attached hydrogen (secondary N) is 1. The molecule has 1 aromatic rings. The maximum Gasteiger partial charge on any atom is 0.0325 e. The molecule has 104 valence electrons. The van der Waals surface area contributed by atoms with Crippen LogP contribution in [0.2, 0.25) is 0 Å². The summed E-state index contributed by atoms with van der Waals surface area (Å²) < 4.78 is 0. The quantitative estimate of drug-likeness (QED) is 0.762. The molecule has 2 aliphatic rings. The minimum Gasteiger partial charge on any atom is -0.307 e. The van der Waals surface area contributed by atoms with E-state index in [1.807, 2.05) is 0 Å². The molecule has 0 heterocycles. The third-order valence-corrected chi connectivity index (χ3v) is 5.07. The third-order valence-electron chi connectivity index (χ3n) is 5.07. The van der Waals surface area contributed by atoms with E-state index in [9.17, 15) is 0 Å². The minimum atomic E-state index is 0.608. The molecule has 2 aliphatic carbocycles. The van der Waals surface area contributed by atoms with Crippen LogP contribution in [0.4, 0.5) is 0 Å². The zero-order valence-corrected chi connectivity index (χ0v) is 12.2. The van der Waals surface area contributed by atoms with Gasteiger partial charge in [-0.05, 0) is 62.0 Å². The van der Waals surface area contributed by atoms with E-state index in [-0.39, 0.29) is 0 Å². The molecule has 1 aromatic carbocycles. The highest BCUT2D eigenvalue weighted by Gasteiger charge is 2.24. The fraction of sp³-hybridized carbons (Fsp3) is 0.667. The van der Waals surface area contributed by atoms with Gasteiger partial charge in [0.15, 0.2) is 0 Å². The number of hydrogen-bond donors (Lipinski definition) is 1. The largest absolute Gasteiger partial charge is 0.307 e. The Balaban J connectivity index is 1.70. The molecular weight excluding hydrogens is 230 g/mol. The molecule has 0 spiro atoms. The van der Waals surface area contributed by atoms with Crippen molar-refractivity contribution in [3.63, 3.8) is 0 Å². The number of rotatable bonds is 2. The molecule has 19 heavy (non-hydrogen) atoms. The Kier molecular flexibility index (Phi) is 4.22. The van der Waals surface area contributed by atoms with Crippen LogP contribution in [0.5, 0.6) is 0 Å². The Morgan fingerprint density at radius 3 is 2.58 bits per heavy atom. The van der Waals surface area contributed by atoms with Gasteiger partial charge >= 0.3 is 0 Å². The molecule has 1 nitrogen and oxygen atoms in total. The highest BCUT2D eigenvalue weighted by molar-refractivity contribution is 5.31. The summed E-state index contributed by atoms with van der Waals surface area (Å²) >= 11 is 0. The lowest BCUT2D eigenvalue weighted by atomic mass is 9.86. The molecule has 1 fully saturated rings. The Hall–Kier alpha value is -0.820. The first kappa shape index (κ1) is 13.2. The summed E-state index contributed by atoms with van der Waals surface area (Å²) in [6, 6.07) is 10.5. The van der Waals surface area contributed by atoms with E-state index in [2.05, 4.69) is 36.5 Å². The summed E-state index contributed by atoms with van der Waals surface area (Å²) in [5.74, 6) is 0.944. The summed E-state index contributed by atoms with van der Waals surface area (Å²) in [5, 5.41) is 3.97. The second-order valence-electron chi connectivity index (χ2n) is 6.62.